The minimum Gasteiger partial charge on any atom is -0.480 e. The van der Waals surface area contributed by atoms with E-state index in [1.807, 2.05) is 7.05 Å². The van der Waals surface area contributed by atoms with Crippen molar-refractivity contribution in [3.8, 4) is 0 Å². The van der Waals surface area contributed by atoms with Crippen LogP contribution in [0.3, 0.4) is 0 Å². The number of likely N-dealkylation sites (N-methyl/N-ethyl adjacent to an activating group) is 1. The lowest BCUT2D eigenvalue weighted by Gasteiger charge is -2.35. The molecule has 0 aromatic rings. The SMILES string of the molecule is CC1OCCC1N(C)CC(C)(NC1CC1)C(=O)O. The fourth-order valence-electron chi connectivity index (χ4n) is 2.77. The Morgan fingerprint density at radius 2 is 2.17 bits per heavy atom. The van der Waals surface area contributed by atoms with Crippen LogP contribution in [0.1, 0.15) is 33.1 Å². The predicted molar refractivity (Wildman–Crippen MR) is 68.6 cm³/mol. The number of ether oxygens (including phenoxy) is 1. The maximum atomic E-state index is 11.5. The topological polar surface area (TPSA) is 61.8 Å². The van der Waals surface area contributed by atoms with Gasteiger partial charge in [0.1, 0.15) is 5.54 Å². The molecule has 0 amide bonds. The molecule has 2 aliphatic rings. The molecule has 18 heavy (non-hydrogen) atoms. The van der Waals surface area contributed by atoms with Crippen LogP contribution in [-0.2, 0) is 9.53 Å². The van der Waals surface area contributed by atoms with Gasteiger partial charge < -0.3 is 9.84 Å². The van der Waals surface area contributed by atoms with Gasteiger partial charge in [-0.2, -0.15) is 0 Å². The lowest BCUT2D eigenvalue weighted by Crippen LogP contribution is -2.59. The Labute approximate surface area is 108 Å². The van der Waals surface area contributed by atoms with Crippen molar-refractivity contribution in [2.75, 3.05) is 20.2 Å². The fraction of sp³-hybridized carbons (Fsp3) is 0.923. The van der Waals surface area contributed by atoms with E-state index in [9.17, 15) is 9.90 Å². The first-order valence-electron chi connectivity index (χ1n) is 6.75. The standard InChI is InChI=1S/C13H24N2O3/c1-9-11(6-7-18-9)15(3)8-13(2,12(16)17)14-10-4-5-10/h9-11,14H,4-8H2,1-3H3,(H,16,17). The molecule has 1 aliphatic heterocycles. The van der Waals surface area contributed by atoms with Crippen LogP contribution < -0.4 is 5.32 Å². The van der Waals surface area contributed by atoms with Crippen LogP contribution in [0.5, 0.6) is 0 Å². The third-order valence-electron chi connectivity index (χ3n) is 4.04. The summed E-state index contributed by atoms with van der Waals surface area (Å²) in [6, 6.07) is 0.710. The number of carboxylic acid groups (broad SMARTS) is 1. The number of aliphatic carboxylic acids is 1. The molecule has 3 atom stereocenters. The maximum Gasteiger partial charge on any atom is 0.324 e. The van der Waals surface area contributed by atoms with Gasteiger partial charge in [-0.1, -0.05) is 0 Å². The Kier molecular flexibility index (Phi) is 3.94. The second kappa shape index (κ2) is 5.15. The van der Waals surface area contributed by atoms with Crippen LogP contribution in [0.4, 0.5) is 0 Å². The van der Waals surface area contributed by atoms with Gasteiger partial charge in [-0.3, -0.25) is 15.0 Å². The molecule has 0 aromatic carbocycles. The second-order valence-electron chi connectivity index (χ2n) is 5.90. The van der Waals surface area contributed by atoms with E-state index in [4.69, 9.17) is 4.74 Å². The number of carboxylic acids is 1. The van der Waals surface area contributed by atoms with Gasteiger partial charge in [-0.05, 0) is 40.2 Å². The first-order valence-corrected chi connectivity index (χ1v) is 6.75. The molecule has 0 radical (unpaired) electrons. The quantitative estimate of drug-likeness (QED) is 0.732. The van der Waals surface area contributed by atoms with Crippen LogP contribution in [0.15, 0.2) is 0 Å². The Morgan fingerprint density at radius 3 is 2.61 bits per heavy atom. The van der Waals surface area contributed by atoms with Gasteiger partial charge in [0.05, 0.1) is 6.10 Å². The molecule has 1 aliphatic carbocycles. The van der Waals surface area contributed by atoms with Gasteiger partial charge >= 0.3 is 5.97 Å². The molecule has 1 saturated heterocycles. The smallest absolute Gasteiger partial charge is 0.324 e. The van der Waals surface area contributed by atoms with E-state index in [0.29, 0.717) is 18.6 Å². The molecule has 1 heterocycles. The van der Waals surface area contributed by atoms with Crippen molar-refractivity contribution in [3.63, 3.8) is 0 Å². The maximum absolute atomic E-state index is 11.5. The van der Waals surface area contributed by atoms with Crippen molar-refractivity contribution in [2.24, 2.45) is 0 Å². The van der Waals surface area contributed by atoms with E-state index in [0.717, 1.165) is 25.9 Å². The molecule has 5 nitrogen and oxygen atoms in total. The first-order chi connectivity index (χ1) is 8.42. The Morgan fingerprint density at radius 1 is 1.50 bits per heavy atom. The molecule has 2 N–H and O–H groups in total. The largest absolute Gasteiger partial charge is 0.480 e. The Bertz CT molecular complexity index is 319. The average molecular weight is 256 g/mol. The number of nitrogens with zero attached hydrogens (tertiary/aromatic N) is 1. The number of hydrogen-bond donors (Lipinski definition) is 2. The van der Waals surface area contributed by atoms with Crippen molar-refractivity contribution in [1.29, 1.82) is 0 Å². The summed E-state index contributed by atoms with van der Waals surface area (Å²) in [5.74, 6) is -0.771. The predicted octanol–water partition coefficient (Wildman–Crippen LogP) is 0.691. The Hall–Kier alpha value is -0.650. The summed E-state index contributed by atoms with van der Waals surface area (Å²) < 4.78 is 5.55. The first kappa shape index (κ1) is 13.8. The lowest BCUT2D eigenvalue weighted by atomic mass is 9.99. The minimum absolute atomic E-state index is 0.189. The molecule has 2 fully saturated rings. The van der Waals surface area contributed by atoms with E-state index < -0.39 is 11.5 Å². The van der Waals surface area contributed by atoms with E-state index in [1.54, 1.807) is 6.92 Å². The summed E-state index contributed by atoms with van der Waals surface area (Å²) in [7, 11) is 1.99. The van der Waals surface area contributed by atoms with Gasteiger partial charge in [-0.25, -0.2) is 0 Å². The summed E-state index contributed by atoms with van der Waals surface area (Å²) in [6.45, 7) is 5.12. The van der Waals surface area contributed by atoms with Crippen LogP contribution >= 0.6 is 0 Å². The third-order valence-corrected chi connectivity index (χ3v) is 4.04. The summed E-state index contributed by atoms with van der Waals surface area (Å²) >= 11 is 0. The summed E-state index contributed by atoms with van der Waals surface area (Å²) in [5.41, 5.74) is -0.863. The third kappa shape index (κ3) is 3.02. The fourth-order valence-corrected chi connectivity index (χ4v) is 2.77. The summed E-state index contributed by atoms with van der Waals surface area (Å²) in [5, 5.41) is 12.7. The van der Waals surface area contributed by atoms with Gasteiger partial charge in [0, 0.05) is 25.2 Å². The second-order valence-corrected chi connectivity index (χ2v) is 5.90. The van der Waals surface area contributed by atoms with E-state index in [2.05, 4.69) is 17.1 Å². The lowest BCUT2D eigenvalue weighted by molar-refractivity contribution is -0.145. The van der Waals surface area contributed by atoms with E-state index >= 15 is 0 Å². The van der Waals surface area contributed by atoms with Crippen molar-refractivity contribution >= 4 is 5.97 Å². The van der Waals surface area contributed by atoms with Gasteiger partial charge in [0.15, 0.2) is 0 Å². The highest BCUT2D eigenvalue weighted by atomic mass is 16.5. The van der Waals surface area contributed by atoms with Crippen molar-refractivity contribution in [1.82, 2.24) is 10.2 Å². The number of carbonyl (C=O) groups is 1. The highest BCUT2D eigenvalue weighted by Crippen LogP contribution is 2.25. The number of nitrogens with one attached hydrogen (secondary N) is 1. The van der Waals surface area contributed by atoms with Crippen LogP contribution in [-0.4, -0.2) is 59.9 Å². The molecule has 2 rings (SSSR count). The molecule has 0 aromatic heterocycles. The van der Waals surface area contributed by atoms with Crippen LogP contribution in [0.25, 0.3) is 0 Å². The van der Waals surface area contributed by atoms with Crippen molar-refractivity contribution < 1.29 is 14.6 Å². The zero-order chi connectivity index (χ0) is 13.3. The molecule has 0 spiro atoms. The molecular weight excluding hydrogens is 232 g/mol. The van der Waals surface area contributed by atoms with Gasteiger partial charge in [0.2, 0.25) is 0 Å². The average Bonchev–Trinajstić information content (AvgIpc) is 2.97. The molecule has 104 valence electrons. The molecule has 3 unspecified atom stereocenters. The van der Waals surface area contributed by atoms with Crippen LogP contribution in [0, 0.1) is 0 Å². The molecule has 1 saturated carbocycles. The highest BCUT2D eigenvalue weighted by molar-refractivity contribution is 5.78. The molecule has 0 bridgehead atoms. The molecule has 5 heteroatoms. The summed E-state index contributed by atoms with van der Waals surface area (Å²) in [4.78, 5) is 13.6. The zero-order valence-corrected chi connectivity index (χ0v) is 11.5. The Balaban J connectivity index is 1.96. The van der Waals surface area contributed by atoms with Gasteiger partial charge in [-0.15, -0.1) is 0 Å². The van der Waals surface area contributed by atoms with Crippen LogP contribution in [0.2, 0.25) is 0 Å². The van der Waals surface area contributed by atoms with Crippen molar-refractivity contribution in [3.05, 3.63) is 0 Å². The van der Waals surface area contributed by atoms with Crippen molar-refractivity contribution in [2.45, 2.75) is 56.8 Å². The van der Waals surface area contributed by atoms with E-state index in [1.165, 1.54) is 0 Å². The number of hydrogen-bond acceptors (Lipinski definition) is 4. The zero-order valence-electron chi connectivity index (χ0n) is 11.5. The van der Waals surface area contributed by atoms with E-state index in [-0.39, 0.29) is 6.10 Å². The normalized spacial score (nSPS) is 31.6. The summed E-state index contributed by atoms with van der Waals surface area (Å²) in [6.07, 6.45) is 3.36. The van der Waals surface area contributed by atoms with Gasteiger partial charge in [0.25, 0.3) is 0 Å². The minimum atomic E-state index is -0.863. The number of rotatable bonds is 6. The molecular formula is C13H24N2O3. The highest BCUT2D eigenvalue weighted by Gasteiger charge is 2.41. The monoisotopic (exact) mass is 256 g/mol.